The maximum Gasteiger partial charge on any atom is 0.174 e. The van der Waals surface area contributed by atoms with Crippen molar-refractivity contribution in [2.75, 3.05) is 7.11 Å². The lowest BCUT2D eigenvalue weighted by Gasteiger charge is -2.15. The molecule has 0 saturated carbocycles. The topological polar surface area (TPSA) is 61.5 Å². The highest BCUT2D eigenvalue weighted by Crippen LogP contribution is 2.34. The van der Waals surface area contributed by atoms with Gasteiger partial charge >= 0.3 is 0 Å². The highest BCUT2D eigenvalue weighted by molar-refractivity contribution is 14.1. The zero-order chi connectivity index (χ0) is 14.5. The Bertz CT molecular complexity index is 597. The third kappa shape index (κ3) is 3.69. The van der Waals surface area contributed by atoms with E-state index >= 15 is 0 Å². The molecule has 2 rings (SSSR count). The van der Waals surface area contributed by atoms with Crippen molar-refractivity contribution in [2.24, 2.45) is 5.10 Å². The fourth-order valence-electron chi connectivity index (χ4n) is 1.55. The monoisotopic (exact) mass is 386 g/mol. The molecule has 0 spiro atoms. The average Bonchev–Trinajstić information content (AvgIpc) is 2.91. The third-order valence-corrected chi connectivity index (χ3v) is 3.15. The van der Waals surface area contributed by atoms with Crippen LogP contribution in [0.25, 0.3) is 0 Å². The molecular weight excluding hydrogens is 371 g/mol. The highest BCUT2D eigenvalue weighted by Gasteiger charge is 2.12. The Kier molecular flexibility index (Phi) is 4.94. The summed E-state index contributed by atoms with van der Waals surface area (Å²) in [6, 6.07) is 3.86. The Labute approximate surface area is 130 Å². The lowest BCUT2D eigenvalue weighted by atomic mass is 10.2. The van der Waals surface area contributed by atoms with Crippen LogP contribution in [0.3, 0.4) is 0 Å². The molecule has 0 aliphatic rings. The van der Waals surface area contributed by atoms with Crippen LogP contribution in [0.5, 0.6) is 11.5 Å². The summed E-state index contributed by atoms with van der Waals surface area (Å²) in [4.78, 5) is 0. The van der Waals surface area contributed by atoms with E-state index in [1.807, 2.05) is 26.0 Å². The average molecular weight is 386 g/mol. The van der Waals surface area contributed by atoms with Crippen LogP contribution >= 0.6 is 22.6 Å². The molecule has 20 heavy (non-hydrogen) atoms. The molecule has 0 bridgehead atoms. The Morgan fingerprint density at radius 3 is 2.60 bits per heavy atom. The minimum atomic E-state index is 0.0916. The first-order valence-electron chi connectivity index (χ1n) is 6.03. The van der Waals surface area contributed by atoms with Crippen LogP contribution in [-0.4, -0.2) is 34.3 Å². The van der Waals surface area contributed by atoms with Gasteiger partial charge in [0.05, 0.1) is 23.0 Å². The van der Waals surface area contributed by atoms with Crippen molar-refractivity contribution in [1.29, 1.82) is 0 Å². The lowest BCUT2D eigenvalue weighted by Crippen LogP contribution is -2.08. The normalized spacial score (nSPS) is 11.2. The van der Waals surface area contributed by atoms with Crippen LogP contribution in [0.1, 0.15) is 19.4 Å². The number of halogens is 1. The van der Waals surface area contributed by atoms with E-state index < -0.39 is 0 Å². The van der Waals surface area contributed by atoms with E-state index in [2.05, 4.69) is 37.9 Å². The summed E-state index contributed by atoms with van der Waals surface area (Å²) < 4.78 is 13.7. The smallest absolute Gasteiger partial charge is 0.174 e. The van der Waals surface area contributed by atoms with Gasteiger partial charge in [-0.05, 0) is 54.1 Å². The standard InChI is InChI=1S/C13H15IN4O2/c1-9(2)20-13-11(14)4-10(5-12(13)19-3)6-17-18-7-15-16-8-18/h4-9H,1-3H3/b17-6-. The molecule has 0 radical (unpaired) electrons. The first-order valence-corrected chi connectivity index (χ1v) is 7.11. The number of hydrogen-bond acceptors (Lipinski definition) is 5. The summed E-state index contributed by atoms with van der Waals surface area (Å²) in [5.74, 6) is 1.44. The molecule has 0 aliphatic carbocycles. The molecule has 0 fully saturated rings. The summed E-state index contributed by atoms with van der Waals surface area (Å²) in [6.45, 7) is 3.97. The van der Waals surface area contributed by atoms with E-state index in [4.69, 9.17) is 9.47 Å². The summed E-state index contributed by atoms with van der Waals surface area (Å²) >= 11 is 2.22. The molecule has 7 heteroatoms. The van der Waals surface area contributed by atoms with Crippen molar-refractivity contribution in [2.45, 2.75) is 20.0 Å². The van der Waals surface area contributed by atoms with E-state index in [-0.39, 0.29) is 6.10 Å². The largest absolute Gasteiger partial charge is 0.493 e. The van der Waals surface area contributed by atoms with Crippen molar-refractivity contribution in [3.8, 4) is 11.5 Å². The van der Waals surface area contributed by atoms with Gasteiger partial charge in [-0.25, -0.2) is 4.68 Å². The number of methoxy groups -OCH3 is 1. The quantitative estimate of drug-likeness (QED) is 0.586. The molecule has 106 valence electrons. The minimum absolute atomic E-state index is 0.0916. The van der Waals surface area contributed by atoms with E-state index in [9.17, 15) is 0 Å². The molecule has 0 amide bonds. The number of hydrogen-bond donors (Lipinski definition) is 0. The zero-order valence-electron chi connectivity index (χ0n) is 11.4. The van der Waals surface area contributed by atoms with Crippen LogP contribution in [0, 0.1) is 3.57 Å². The molecule has 0 atom stereocenters. The van der Waals surface area contributed by atoms with E-state index in [0.29, 0.717) is 5.75 Å². The molecule has 2 aromatic rings. The molecule has 0 aliphatic heterocycles. The fourth-order valence-corrected chi connectivity index (χ4v) is 2.31. The predicted molar refractivity (Wildman–Crippen MR) is 84.5 cm³/mol. The van der Waals surface area contributed by atoms with E-state index in [1.54, 1.807) is 13.3 Å². The highest BCUT2D eigenvalue weighted by atomic mass is 127. The number of ether oxygens (including phenoxy) is 2. The van der Waals surface area contributed by atoms with E-state index in [0.717, 1.165) is 14.9 Å². The number of aromatic nitrogens is 3. The van der Waals surface area contributed by atoms with Gasteiger partial charge in [-0.2, -0.15) is 5.10 Å². The predicted octanol–water partition coefficient (Wildman–Crippen LogP) is 2.56. The lowest BCUT2D eigenvalue weighted by molar-refractivity contribution is 0.228. The Morgan fingerprint density at radius 1 is 1.30 bits per heavy atom. The fraction of sp³-hybridized carbons (Fsp3) is 0.308. The van der Waals surface area contributed by atoms with Gasteiger partial charge in [-0.3, -0.25) is 0 Å². The van der Waals surface area contributed by atoms with Crippen molar-refractivity contribution in [1.82, 2.24) is 14.9 Å². The van der Waals surface area contributed by atoms with Gasteiger partial charge in [-0.15, -0.1) is 10.2 Å². The number of rotatable bonds is 5. The maximum absolute atomic E-state index is 5.77. The molecule has 1 heterocycles. The molecule has 1 aromatic carbocycles. The van der Waals surface area contributed by atoms with Gasteiger partial charge in [0, 0.05) is 0 Å². The summed E-state index contributed by atoms with van der Waals surface area (Å²) in [5, 5.41) is 11.6. The van der Waals surface area contributed by atoms with Gasteiger partial charge < -0.3 is 9.47 Å². The Hall–Kier alpha value is -1.64. The molecular formula is C13H15IN4O2. The SMILES string of the molecule is COc1cc(/C=N\n2cnnc2)cc(I)c1OC(C)C. The molecule has 6 nitrogen and oxygen atoms in total. The Morgan fingerprint density at radius 2 is 2.00 bits per heavy atom. The third-order valence-electron chi connectivity index (χ3n) is 2.35. The summed E-state index contributed by atoms with van der Waals surface area (Å²) in [7, 11) is 1.62. The van der Waals surface area contributed by atoms with Crippen LogP contribution in [0.4, 0.5) is 0 Å². The van der Waals surface area contributed by atoms with Gasteiger partial charge in [0.15, 0.2) is 11.5 Å². The van der Waals surface area contributed by atoms with Crippen LogP contribution in [0.15, 0.2) is 29.9 Å². The molecule has 1 aromatic heterocycles. The molecule has 0 unspecified atom stereocenters. The van der Waals surface area contributed by atoms with Crippen molar-refractivity contribution in [3.63, 3.8) is 0 Å². The number of benzene rings is 1. The number of nitrogens with zero attached hydrogens (tertiary/aromatic N) is 4. The summed E-state index contributed by atoms with van der Waals surface area (Å²) in [5.41, 5.74) is 0.913. The van der Waals surface area contributed by atoms with Crippen LogP contribution in [0.2, 0.25) is 0 Å². The maximum atomic E-state index is 5.77. The first-order chi connectivity index (χ1) is 9.60. The van der Waals surface area contributed by atoms with Crippen LogP contribution in [-0.2, 0) is 0 Å². The first kappa shape index (κ1) is 14.8. The van der Waals surface area contributed by atoms with Crippen molar-refractivity contribution in [3.05, 3.63) is 33.9 Å². The minimum Gasteiger partial charge on any atom is -0.493 e. The van der Waals surface area contributed by atoms with Gasteiger partial charge in [0.2, 0.25) is 0 Å². The van der Waals surface area contributed by atoms with Crippen molar-refractivity contribution >= 4 is 28.8 Å². The van der Waals surface area contributed by atoms with Gasteiger partial charge in [-0.1, -0.05) is 0 Å². The summed E-state index contributed by atoms with van der Waals surface area (Å²) in [6.07, 6.45) is 4.85. The molecule has 0 N–H and O–H groups in total. The van der Waals surface area contributed by atoms with Gasteiger partial charge in [0.1, 0.15) is 12.7 Å². The van der Waals surface area contributed by atoms with Gasteiger partial charge in [0.25, 0.3) is 0 Å². The molecule has 0 saturated heterocycles. The second kappa shape index (κ2) is 6.69. The van der Waals surface area contributed by atoms with Crippen LogP contribution < -0.4 is 9.47 Å². The van der Waals surface area contributed by atoms with E-state index in [1.165, 1.54) is 17.3 Å². The Balaban J connectivity index is 2.30. The van der Waals surface area contributed by atoms with Crippen molar-refractivity contribution < 1.29 is 9.47 Å². The zero-order valence-corrected chi connectivity index (χ0v) is 13.6. The second-order valence-corrected chi connectivity index (χ2v) is 5.45. The second-order valence-electron chi connectivity index (χ2n) is 4.29.